The summed E-state index contributed by atoms with van der Waals surface area (Å²) in [5.41, 5.74) is 3.95. The van der Waals surface area contributed by atoms with Crippen LogP contribution in [0.4, 0.5) is 5.69 Å². The molecule has 1 aromatic heterocycles. The van der Waals surface area contributed by atoms with Crippen LogP contribution in [-0.4, -0.2) is 53.4 Å². The van der Waals surface area contributed by atoms with E-state index in [2.05, 4.69) is 51.3 Å². The van der Waals surface area contributed by atoms with Crippen LogP contribution in [-0.2, 0) is 11.3 Å². The Morgan fingerprint density at radius 2 is 1.97 bits per heavy atom. The molecule has 1 aliphatic carbocycles. The Bertz CT molecular complexity index is 901. The number of anilines is 1. The van der Waals surface area contributed by atoms with Crippen LogP contribution in [0.3, 0.4) is 0 Å². The SMILES string of the molecule is O[C@H]1CCC[C@H](Nc2cc(Cl)ncc2C#Cc2ccc(CN3CCOCC3)cc2)C1. The molecule has 30 heavy (non-hydrogen) atoms. The predicted octanol–water partition coefficient (Wildman–Crippen LogP) is 3.68. The first-order chi connectivity index (χ1) is 14.7. The van der Waals surface area contributed by atoms with Gasteiger partial charge in [0, 0.05) is 37.4 Å². The second-order valence-electron chi connectivity index (χ2n) is 8.05. The van der Waals surface area contributed by atoms with Crippen LogP contribution < -0.4 is 5.32 Å². The molecular formula is C24H28ClN3O2. The number of ether oxygens (including phenoxy) is 1. The number of hydrogen-bond acceptors (Lipinski definition) is 5. The minimum Gasteiger partial charge on any atom is -0.393 e. The third-order valence-electron chi connectivity index (χ3n) is 5.68. The highest BCUT2D eigenvalue weighted by molar-refractivity contribution is 6.29. The van der Waals surface area contributed by atoms with Crippen molar-refractivity contribution in [2.75, 3.05) is 31.6 Å². The molecule has 6 heteroatoms. The van der Waals surface area contributed by atoms with E-state index in [9.17, 15) is 5.11 Å². The van der Waals surface area contributed by atoms with E-state index in [0.29, 0.717) is 5.15 Å². The molecule has 2 heterocycles. The molecule has 2 N–H and O–H groups in total. The van der Waals surface area contributed by atoms with Crippen molar-refractivity contribution < 1.29 is 9.84 Å². The molecular weight excluding hydrogens is 398 g/mol. The zero-order valence-corrected chi connectivity index (χ0v) is 17.9. The summed E-state index contributed by atoms with van der Waals surface area (Å²) < 4.78 is 5.41. The number of aliphatic hydroxyl groups excluding tert-OH is 1. The molecule has 2 atom stereocenters. The van der Waals surface area contributed by atoms with E-state index >= 15 is 0 Å². The van der Waals surface area contributed by atoms with E-state index < -0.39 is 0 Å². The molecule has 158 valence electrons. The number of aliphatic hydroxyl groups is 1. The zero-order valence-electron chi connectivity index (χ0n) is 17.1. The monoisotopic (exact) mass is 425 g/mol. The summed E-state index contributed by atoms with van der Waals surface area (Å²) in [5, 5.41) is 13.9. The first-order valence-corrected chi connectivity index (χ1v) is 11.0. The van der Waals surface area contributed by atoms with Crippen molar-refractivity contribution in [2.45, 2.75) is 44.4 Å². The molecule has 1 aromatic carbocycles. The second-order valence-corrected chi connectivity index (χ2v) is 8.44. The molecule has 5 nitrogen and oxygen atoms in total. The van der Waals surface area contributed by atoms with Crippen LogP contribution in [0.5, 0.6) is 0 Å². The van der Waals surface area contributed by atoms with Gasteiger partial charge in [0.1, 0.15) is 5.15 Å². The minimum atomic E-state index is -0.237. The van der Waals surface area contributed by atoms with E-state index in [1.165, 1.54) is 5.56 Å². The van der Waals surface area contributed by atoms with Gasteiger partial charge in [-0.2, -0.15) is 0 Å². The summed E-state index contributed by atoms with van der Waals surface area (Å²) in [4.78, 5) is 6.60. The Balaban J connectivity index is 1.44. The second kappa shape index (κ2) is 10.3. The molecule has 1 saturated carbocycles. The number of nitrogens with one attached hydrogen (secondary N) is 1. The maximum absolute atomic E-state index is 9.94. The highest BCUT2D eigenvalue weighted by atomic mass is 35.5. The van der Waals surface area contributed by atoms with Crippen LogP contribution in [0.1, 0.15) is 42.4 Å². The first kappa shape index (κ1) is 21.1. The number of nitrogens with zero attached hydrogens (tertiary/aromatic N) is 2. The van der Waals surface area contributed by atoms with Crippen LogP contribution in [0, 0.1) is 11.8 Å². The molecule has 0 unspecified atom stereocenters. The fourth-order valence-electron chi connectivity index (χ4n) is 4.01. The van der Waals surface area contributed by atoms with Crippen molar-refractivity contribution in [3.63, 3.8) is 0 Å². The Labute approximate surface area is 183 Å². The van der Waals surface area contributed by atoms with Crippen LogP contribution in [0.15, 0.2) is 36.5 Å². The average Bonchev–Trinajstić information content (AvgIpc) is 2.75. The van der Waals surface area contributed by atoms with E-state index in [1.54, 1.807) is 6.20 Å². The molecule has 1 saturated heterocycles. The van der Waals surface area contributed by atoms with E-state index in [-0.39, 0.29) is 12.1 Å². The smallest absolute Gasteiger partial charge is 0.131 e. The number of benzene rings is 1. The van der Waals surface area contributed by atoms with Crippen molar-refractivity contribution in [3.05, 3.63) is 58.4 Å². The summed E-state index contributed by atoms with van der Waals surface area (Å²) in [5.74, 6) is 6.48. The highest BCUT2D eigenvalue weighted by Gasteiger charge is 2.20. The number of aromatic nitrogens is 1. The first-order valence-electron chi connectivity index (χ1n) is 10.7. The van der Waals surface area contributed by atoms with Crippen molar-refractivity contribution in [1.82, 2.24) is 9.88 Å². The van der Waals surface area contributed by atoms with Gasteiger partial charge in [-0.1, -0.05) is 35.6 Å². The normalized spacial score (nSPS) is 22.2. The van der Waals surface area contributed by atoms with Gasteiger partial charge in [-0.15, -0.1) is 0 Å². The topological polar surface area (TPSA) is 57.6 Å². The lowest BCUT2D eigenvalue weighted by molar-refractivity contribution is 0.0342. The molecule has 2 aliphatic rings. The molecule has 0 spiro atoms. The molecule has 0 radical (unpaired) electrons. The Hall–Kier alpha value is -2.10. The fraction of sp³-hybridized carbons (Fsp3) is 0.458. The summed E-state index contributed by atoms with van der Waals surface area (Å²) in [6.07, 6.45) is 5.16. The Morgan fingerprint density at radius 3 is 2.73 bits per heavy atom. The number of morpholine rings is 1. The van der Waals surface area contributed by atoms with Gasteiger partial charge >= 0.3 is 0 Å². The molecule has 1 aliphatic heterocycles. The number of pyridine rings is 1. The summed E-state index contributed by atoms with van der Waals surface area (Å²) >= 11 is 6.12. The van der Waals surface area contributed by atoms with Crippen molar-refractivity contribution in [1.29, 1.82) is 0 Å². The lowest BCUT2D eigenvalue weighted by Crippen LogP contribution is -2.35. The minimum absolute atomic E-state index is 0.229. The lowest BCUT2D eigenvalue weighted by Gasteiger charge is -2.27. The highest BCUT2D eigenvalue weighted by Crippen LogP contribution is 2.25. The fourth-order valence-corrected chi connectivity index (χ4v) is 4.17. The van der Waals surface area contributed by atoms with E-state index in [1.807, 2.05) is 6.07 Å². The summed E-state index contributed by atoms with van der Waals surface area (Å²) in [6.45, 7) is 4.54. The summed E-state index contributed by atoms with van der Waals surface area (Å²) in [6, 6.07) is 10.5. The van der Waals surface area contributed by atoms with Gasteiger partial charge in [0.15, 0.2) is 0 Å². The van der Waals surface area contributed by atoms with Crippen molar-refractivity contribution >= 4 is 17.3 Å². The van der Waals surface area contributed by atoms with Crippen molar-refractivity contribution in [3.8, 4) is 11.8 Å². The standard InChI is InChI=1S/C24H28ClN3O2/c25-24-15-23(27-21-2-1-3-22(29)14-21)20(16-26-24)9-8-18-4-6-19(7-5-18)17-28-10-12-30-13-11-28/h4-7,15-16,21-22,29H,1-3,10-14,17H2,(H,26,27)/t21-,22-/m0/s1. The van der Waals surface area contributed by atoms with Gasteiger partial charge in [-0.25, -0.2) is 4.98 Å². The molecule has 0 bridgehead atoms. The third-order valence-corrected chi connectivity index (χ3v) is 5.89. The lowest BCUT2D eigenvalue weighted by atomic mass is 9.93. The third kappa shape index (κ3) is 5.96. The van der Waals surface area contributed by atoms with Gasteiger partial charge in [-0.05, 0) is 49.4 Å². The zero-order chi connectivity index (χ0) is 20.8. The van der Waals surface area contributed by atoms with Crippen LogP contribution in [0.25, 0.3) is 0 Å². The maximum atomic E-state index is 9.94. The summed E-state index contributed by atoms with van der Waals surface area (Å²) in [7, 11) is 0. The molecule has 2 aromatic rings. The Kier molecular flexibility index (Phi) is 7.24. The van der Waals surface area contributed by atoms with Gasteiger partial charge in [0.05, 0.1) is 30.6 Å². The van der Waals surface area contributed by atoms with E-state index in [4.69, 9.17) is 16.3 Å². The molecule has 0 amide bonds. The largest absolute Gasteiger partial charge is 0.393 e. The van der Waals surface area contributed by atoms with Gasteiger partial charge < -0.3 is 15.2 Å². The quantitative estimate of drug-likeness (QED) is 0.578. The van der Waals surface area contributed by atoms with E-state index in [0.717, 1.165) is 75.3 Å². The maximum Gasteiger partial charge on any atom is 0.131 e. The Morgan fingerprint density at radius 1 is 1.17 bits per heavy atom. The van der Waals surface area contributed by atoms with Crippen LogP contribution in [0.2, 0.25) is 5.15 Å². The number of halogens is 1. The number of hydrogen-bond donors (Lipinski definition) is 2. The van der Waals surface area contributed by atoms with Gasteiger partial charge in [0.25, 0.3) is 0 Å². The molecule has 4 rings (SSSR count). The van der Waals surface area contributed by atoms with Crippen LogP contribution >= 0.6 is 11.6 Å². The van der Waals surface area contributed by atoms with Crippen molar-refractivity contribution in [2.24, 2.45) is 0 Å². The molecule has 2 fully saturated rings. The number of rotatable bonds is 4. The predicted molar refractivity (Wildman–Crippen MR) is 120 cm³/mol. The van der Waals surface area contributed by atoms with Gasteiger partial charge in [-0.3, -0.25) is 4.90 Å². The average molecular weight is 426 g/mol. The van der Waals surface area contributed by atoms with Gasteiger partial charge in [0.2, 0.25) is 0 Å².